The molecule has 1 fully saturated rings. The second-order valence-electron chi connectivity index (χ2n) is 11.9. The van der Waals surface area contributed by atoms with Crippen LogP contribution in [0.25, 0.3) is 0 Å². The van der Waals surface area contributed by atoms with Gasteiger partial charge in [-0.2, -0.15) is 0 Å². The first-order valence-corrected chi connectivity index (χ1v) is 13.0. The summed E-state index contributed by atoms with van der Waals surface area (Å²) in [5.74, 6) is -1.18. The van der Waals surface area contributed by atoms with Crippen molar-refractivity contribution in [2.75, 3.05) is 11.9 Å². The smallest absolute Gasteiger partial charge is 0.237 e. The lowest BCUT2D eigenvalue weighted by Gasteiger charge is -2.43. The van der Waals surface area contributed by atoms with Gasteiger partial charge in [-0.3, -0.25) is 14.6 Å². The monoisotopic (exact) mass is 514 g/mol. The van der Waals surface area contributed by atoms with Crippen molar-refractivity contribution in [2.45, 2.75) is 71.8 Å². The third kappa shape index (κ3) is 7.34. The van der Waals surface area contributed by atoms with Crippen molar-refractivity contribution < 1.29 is 18.4 Å². The highest BCUT2D eigenvalue weighted by atomic mass is 19.1. The van der Waals surface area contributed by atoms with E-state index in [9.17, 15) is 18.4 Å². The Morgan fingerprint density at radius 3 is 2.46 bits per heavy atom. The predicted molar refractivity (Wildman–Crippen MR) is 142 cm³/mol. The SMILES string of the molecule is CC(C)CC1CC(C(N)C(=O)NCC(C)(C)c2ccc(F)cc2F)CC(C)(C(=O)Nc2ccncc2)C1. The maximum absolute atomic E-state index is 14.4. The fourth-order valence-corrected chi connectivity index (χ4v) is 5.69. The van der Waals surface area contributed by atoms with Crippen LogP contribution in [-0.4, -0.2) is 29.4 Å². The quantitative estimate of drug-likeness (QED) is 0.429. The van der Waals surface area contributed by atoms with Gasteiger partial charge in [0.1, 0.15) is 11.6 Å². The summed E-state index contributed by atoms with van der Waals surface area (Å²) in [5, 5.41) is 5.89. The number of aromatic nitrogens is 1. The van der Waals surface area contributed by atoms with E-state index in [-0.39, 0.29) is 30.2 Å². The molecular formula is C29H40F2N4O2. The highest BCUT2D eigenvalue weighted by Crippen LogP contribution is 2.46. The van der Waals surface area contributed by atoms with Gasteiger partial charge >= 0.3 is 0 Å². The van der Waals surface area contributed by atoms with Crippen molar-refractivity contribution in [3.05, 3.63) is 59.9 Å². The largest absolute Gasteiger partial charge is 0.354 e. The maximum Gasteiger partial charge on any atom is 0.237 e. The molecule has 8 heteroatoms. The zero-order chi connectivity index (χ0) is 27.4. The molecule has 0 radical (unpaired) electrons. The molecule has 0 saturated heterocycles. The van der Waals surface area contributed by atoms with Crippen molar-refractivity contribution >= 4 is 17.5 Å². The molecule has 1 saturated carbocycles. The van der Waals surface area contributed by atoms with Crippen molar-refractivity contribution in [3.8, 4) is 0 Å². The molecule has 4 atom stereocenters. The number of rotatable bonds is 9. The fourth-order valence-electron chi connectivity index (χ4n) is 5.69. The van der Waals surface area contributed by atoms with Crippen LogP contribution in [0.2, 0.25) is 0 Å². The molecule has 4 N–H and O–H groups in total. The van der Waals surface area contributed by atoms with Gasteiger partial charge in [-0.25, -0.2) is 8.78 Å². The molecule has 1 aromatic carbocycles. The molecule has 1 aliphatic rings. The molecule has 3 rings (SSSR count). The predicted octanol–water partition coefficient (Wildman–Crippen LogP) is 5.19. The standard InChI is InChI=1S/C29H40F2N4O2/c1-18(2)12-19-13-20(16-29(5,15-19)27(37)35-22-8-10-33-11-9-22)25(32)26(36)34-17-28(3,4)23-7-6-21(30)14-24(23)31/h6-11,14,18-20,25H,12-13,15-17,32H2,1-5H3,(H,34,36)(H,33,35,37). The lowest BCUT2D eigenvalue weighted by Crippen LogP contribution is -2.52. The Morgan fingerprint density at radius 2 is 1.84 bits per heavy atom. The Bertz CT molecular complexity index is 1090. The highest BCUT2D eigenvalue weighted by molar-refractivity contribution is 5.95. The Hall–Kier alpha value is -2.87. The molecular weight excluding hydrogens is 474 g/mol. The summed E-state index contributed by atoms with van der Waals surface area (Å²) >= 11 is 0. The van der Waals surface area contributed by atoms with E-state index in [0.717, 1.165) is 25.3 Å². The number of hydrogen-bond donors (Lipinski definition) is 3. The number of carbonyl (C=O) groups excluding carboxylic acids is 2. The van der Waals surface area contributed by atoms with Crippen LogP contribution in [0.15, 0.2) is 42.7 Å². The van der Waals surface area contributed by atoms with Crippen LogP contribution in [0, 0.1) is 34.8 Å². The minimum absolute atomic E-state index is 0.0855. The average molecular weight is 515 g/mol. The third-order valence-electron chi connectivity index (χ3n) is 7.55. The van der Waals surface area contributed by atoms with Crippen LogP contribution in [0.1, 0.15) is 65.9 Å². The summed E-state index contributed by atoms with van der Waals surface area (Å²) in [7, 11) is 0. The van der Waals surface area contributed by atoms with Crippen molar-refractivity contribution in [1.82, 2.24) is 10.3 Å². The number of nitrogens with zero attached hydrogens (tertiary/aromatic N) is 1. The summed E-state index contributed by atoms with van der Waals surface area (Å²) in [5.41, 5.74) is 6.05. The van der Waals surface area contributed by atoms with Crippen LogP contribution in [0.3, 0.4) is 0 Å². The van der Waals surface area contributed by atoms with Gasteiger partial charge in [0.15, 0.2) is 0 Å². The van der Waals surface area contributed by atoms with Gasteiger partial charge in [-0.05, 0) is 67.2 Å². The number of halogens is 2. The van der Waals surface area contributed by atoms with Gasteiger partial charge in [-0.15, -0.1) is 0 Å². The number of pyridine rings is 1. The number of benzene rings is 1. The molecule has 0 spiro atoms. The van der Waals surface area contributed by atoms with Crippen LogP contribution in [0.5, 0.6) is 0 Å². The first-order chi connectivity index (χ1) is 17.3. The molecule has 1 heterocycles. The zero-order valence-corrected chi connectivity index (χ0v) is 22.5. The van der Waals surface area contributed by atoms with Crippen molar-refractivity contribution in [2.24, 2.45) is 28.9 Å². The second-order valence-corrected chi connectivity index (χ2v) is 11.9. The molecule has 37 heavy (non-hydrogen) atoms. The fraction of sp³-hybridized carbons (Fsp3) is 0.552. The number of anilines is 1. The van der Waals surface area contributed by atoms with Crippen LogP contribution < -0.4 is 16.4 Å². The van der Waals surface area contributed by atoms with Gasteiger partial charge in [-0.1, -0.05) is 40.7 Å². The van der Waals surface area contributed by atoms with Gasteiger partial charge in [0.05, 0.1) is 6.04 Å². The Kier molecular flexibility index (Phi) is 9.05. The first kappa shape index (κ1) is 28.7. The lowest BCUT2D eigenvalue weighted by molar-refractivity contribution is -0.131. The van der Waals surface area contributed by atoms with Crippen molar-refractivity contribution in [1.29, 1.82) is 0 Å². The summed E-state index contributed by atoms with van der Waals surface area (Å²) in [4.78, 5) is 30.6. The first-order valence-electron chi connectivity index (χ1n) is 13.0. The summed E-state index contributed by atoms with van der Waals surface area (Å²) in [6, 6.07) is 6.15. The van der Waals surface area contributed by atoms with Gasteiger partial charge in [0.25, 0.3) is 0 Å². The summed E-state index contributed by atoms with van der Waals surface area (Å²) in [6.07, 6.45) is 6.18. The molecule has 4 unspecified atom stereocenters. The molecule has 2 aromatic rings. The van der Waals surface area contributed by atoms with Gasteiger partial charge < -0.3 is 16.4 Å². The molecule has 202 valence electrons. The van der Waals surface area contributed by atoms with E-state index in [0.29, 0.717) is 23.6 Å². The molecule has 1 aliphatic carbocycles. The number of amides is 2. The number of hydrogen-bond acceptors (Lipinski definition) is 4. The summed E-state index contributed by atoms with van der Waals surface area (Å²) in [6.45, 7) is 9.98. The molecule has 6 nitrogen and oxygen atoms in total. The molecule has 2 amide bonds. The van der Waals surface area contributed by atoms with E-state index >= 15 is 0 Å². The van der Waals surface area contributed by atoms with Gasteiger partial charge in [0.2, 0.25) is 11.8 Å². The molecule has 1 aromatic heterocycles. The minimum Gasteiger partial charge on any atom is -0.354 e. The number of nitrogens with two attached hydrogens (primary N) is 1. The topological polar surface area (TPSA) is 97.1 Å². The second kappa shape index (κ2) is 11.7. The van der Waals surface area contributed by atoms with E-state index in [1.54, 1.807) is 38.4 Å². The maximum atomic E-state index is 14.4. The molecule has 0 bridgehead atoms. The number of carbonyl (C=O) groups is 2. The lowest BCUT2D eigenvalue weighted by atomic mass is 9.62. The Balaban J connectivity index is 1.72. The van der Waals surface area contributed by atoms with Crippen LogP contribution in [-0.2, 0) is 15.0 Å². The summed E-state index contributed by atoms with van der Waals surface area (Å²) < 4.78 is 27.7. The van der Waals surface area contributed by atoms with Gasteiger partial charge in [0, 0.05) is 41.5 Å². The average Bonchev–Trinajstić information content (AvgIpc) is 2.81. The van der Waals surface area contributed by atoms with E-state index < -0.39 is 28.5 Å². The van der Waals surface area contributed by atoms with Crippen LogP contribution in [0.4, 0.5) is 14.5 Å². The normalized spacial score (nSPS) is 22.9. The van der Waals surface area contributed by atoms with E-state index in [4.69, 9.17) is 5.73 Å². The zero-order valence-electron chi connectivity index (χ0n) is 22.5. The Morgan fingerprint density at radius 1 is 1.16 bits per heavy atom. The van der Waals surface area contributed by atoms with E-state index in [2.05, 4.69) is 29.5 Å². The molecule has 0 aliphatic heterocycles. The number of nitrogens with one attached hydrogen (secondary N) is 2. The highest BCUT2D eigenvalue weighted by Gasteiger charge is 2.45. The minimum atomic E-state index is -0.808. The Labute approximate surface area is 218 Å². The van der Waals surface area contributed by atoms with E-state index in [1.807, 2.05) is 6.92 Å². The third-order valence-corrected chi connectivity index (χ3v) is 7.55. The van der Waals surface area contributed by atoms with E-state index in [1.165, 1.54) is 12.1 Å². The van der Waals surface area contributed by atoms with Crippen LogP contribution >= 0.6 is 0 Å². The van der Waals surface area contributed by atoms with Crippen molar-refractivity contribution in [3.63, 3.8) is 0 Å².